The summed E-state index contributed by atoms with van der Waals surface area (Å²) in [5, 5.41) is 1.89. The summed E-state index contributed by atoms with van der Waals surface area (Å²) in [4.78, 5) is 32.2. The molecule has 4 rings (SSSR count). The number of carbonyl (C=O) groups excluding carboxylic acids is 2. The number of nitrogens with one attached hydrogen (secondary N) is 1. The number of carbonyl (C=O) groups is 2. The Morgan fingerprint density at radius 1 is 0.974 bits per heavy atom. The van der Waals surface area contributed by atoms with Crippen LogP contribution in [0.4, 0.5) is 0 Å². The van der Waals surface area contributed by atoms with E-state index in [1.807, 2.05) is 30.3 Å². The zero-order valence-corrected chi connectivity index (χ0v) is 24.3. The number of ketones is 1. The Labute approximate surface area is 229 Å². The van der Waals surface area contributed by atoms with Crippen molar-refractivity contribution in [3.8, 4) is 0 Å². The number of hydrogen-bond donors (Lipinski definition) is 1. The van der Waals surface area contributed by atoms with E-state index in [2.05, 4.69) is 79.3 Å². The van der Waals surface area contributed by atoms with Crippen molar-refractivity contribution in [2.45, 2.75) is 56.7 Å². The first kappa shape index (κ1) is 27.8. The minimum Gasteiger partial charge on any atom is -0.465 e. The molecule has 38 heavy (non-hydrogen) atoms. The summed E-state index contributed by atoms with van der Waals surface area (Å²) in [5.41, 5.74) is 2.58. The van der Waals surface area contributed by atoms with Crippen molar-refractivity contribution in [2.75, 3.05) is 6.61 Å². The number of nitrogens with zero attached hydrogens (tertiary/aromatic N) is 1. The quantitative estimate of drug-likeness (QED) is 0.127. The van der Waals surface area contributed by atoms with Crippen LogP contribution >= 0.6 is 11.8 Å². The third kappa shape index (κ3) is 5.77. The smallest absolute Gasteiger partial charge is 0.327 e. The second-order valence-corrected chi connectivity index (χ2v) is 15.6. The number of aromatic amines is 1. The molecule has 0 bridgehead atoms. The van der Waals surface area contributed by atoms with E-state index in [-0.39, 0.29) is 17.4 Å². The van der Waals surface area contributed by atoms with Crippen molar-refractivity contribution in [3.05, 3.63) is 84.4 Å². The van der Waals surface area contributed by atoms with Gasteiger partial charge >= 0.3 is 5.97 Å². The molecule has 1 aromatic heterocycles. The van der Waals surface area contributed by atoms with Crippen molar-refractivity contribution >= 4 is 53.2 Å². The van der Waals surface area contributed by atoms with Crippen molar-refractivity contribution < 1.29 is 18.8 Å². The van der Waals surface area contributed by atoms with Crippen LogP contribution in [0.1, 0.15) is 40.2 Å². The Hall–Kier alpha value is -3.20. The minimum atomic E-state index is -2.67. The molecule has 0 radical (unpaired) electrons. The van der Waals surface area contributed by atoms with Crippen molar-refractivity contribution in [3.63, 3.8) is 0 Å². The average Bonchev–Trinajstić information content (AvgIpc) is 3.30. The lowest BCUT2D eigenvalue weighted by molar-refractivity contribution is -0.144. The van der Waals surface area contributed by atoms with Crippen LogP contribution in [0.3, 0.4) is 0 Å². The summed E-state index contributed by atoms with van der Waals surface area (Å²) in [6, 6.07) is 27.1. The first-order valence-electron chi connectivity index (χ1n) is 12.7. The first-order chi connectivity index (χ1) is 18.2. The number of imidazole rings is 1. The lowest BCUT2D eigenvalue weighted by Gasteiger charge is -2.43. The molecule has 198 valence electrons. The molecule has 0 aliphatic rings. The Morgan fingerprint density at radius 3 is 2.11 bits per heavy atom. The van der Waals surface area contributed by atoms with E-state index in [0.29, 0.717) is 11.8 Å². The third-order valence-electron chi connectivity index (χ3n) is 6.50. The Balaban J connectivity index is 1.64. The van der Waals surface area contributed by atoms with Crippen LogP contribution in [-0.4, -0.2) is 41.9 Å². The maximum atomic E-state index is 12.2. The van der Waals surface area contributed by atoms with Gasteiger partial charge in [0.25, 0.3) is 8.32 Å². The predicted octanol–water partition coefficient (Wildman–Crippen LogP) is 5.25. The molecule has 1 atom stereocenters. The van der Waals surface area contributed by atoms with Crippen molar-refractivity contribution in [1.29, 1.82) is 0 Å². The standard InChI is InChI=1S/C30H34N2O4SSi/c1-6-35-28(34)27(21(2)33)37-29-31-25-18-17-22(19-26(25)32-29)20-36-38(30(3,4)5,23-13-9-7-10-14-23)24-15-11-8-12-16-24/h7-19,27H,6,20H2,1-5H3,(H,31,32). The summed E-state index contributed by atoms with van der Waals surface area (Å²) in [6.07, 6.45) is 0. The van der Waals surface area contributed by atoms with Gasteiger partial charge in [-0.15, -0.1) is 0 Å². The van der Waals surface area contributed by atoms with E-state index in [0.717, 1.165) is 28.4 Å². The van der Waals surface area contributed by atoms with Crippen molar-refractivity contribution in [1.82, 2.24) is 9.97 Å². The average molecular weight is 547 g/mol. The maximum absolute atomic E-state index is 12.2. The normalized spacial score (nSPS) is 12.9. The molecule has 1 N–H and O–H groups in total. The monoisotopic (exact) mass is 546 g/mol. The Morgan fingerprint density at radius 2 is 1.58 bits per heavy atom. The molecule has 0 saturated heterocycles. The summed E-state index contributed by atoms with van der Waals surface area (Å²) in [6.45, 7) is 10.5. The fourth-order valence-corrected chi connectivity index (χ4v) is 10.2. The summed E-state index contributed by atoms with van der Waals surface area (Å²) in [5.74, 6) is -0.821. The number of Topliss-reactive ketones (excluding diaryl/α,β-unsaturated/α-hetero) is 1. The molecule has 6 nitrogen and oxygen atoms in total. The van der Waals surface area contributed by atoms with Crippen molar-refractivity contribution in [2.24, 2.45) is 0 Å². The number of benzene rings is 3. The van der Waals surface area contributed by atoms with Gasteiger partial charge in [-0.3, -0.25) is 9.59 Å². The molecule has 1 unspecified atom stereocenters. The second-order valence-electron chi connectivity index (χ2n) is 10.2. The van der Waals surface area contributed by atoms with Crippen LogP contribution < -0.4 is 10.4 Å². The van der Waals surface area contributed by atoms with Crippen LogP contribution in [0.2, 0.25) is 5.04 Å². The van der Waals surface area contributed by atoms with E-state index in [9.17, 15) is 9.59 Å². The van der Waals surface area contributed by atoms with Crippen LogP contribution in [0.5, 0.6) is 0 Å². The molecule has 4 aromatic rings. The van der Waals surface area contributed by atoms with E-state index >= 15 is 0 Å². The van der Waals surface area contributed by atoms with Gasteiger partial charge in [0.05, 0.1) is 24.2 Å². The molecule has 3 aromatic carbocycles. The number of rotatable bonds is 10. The van der Waals surface area contributed by atoms with Crippen LogP contribution in [-0.2, 0) is 25.4 Å². The number of aromatic nitrogens is 2. The zero-order valence-electron chi connectivity index (χ0n) is 22.5. The molecule has 0 fully saturated rings. The highest BCUT2D eigenvalue weighted by Gasteiger charge is 2.50. The first-order valence-corrected chi connectivity index (χ1v) is 15.5. The number of esters is 1. The van der Waals surface area contributed by atoms with E-state index in [1.165, 1.54) is 17.3 Å². The molecule has 0 spiro atoms. The summed E-state index contributed by atoms with van der Waals surface area (Å²) in [7, 11) is -2.67. The fourth-order valence-electron chi connectivity index (χ4n) is 4.75. The zero-order chi connectivity index (χ0) is 27.3. The van der Waals surface area contributed by atoms with E-state index < -0.39 is 19.5 Å². The number of hydrogen-bond acceptors (Lipinski definition) is 6. The van der Waals surface area contributed by atoms with Gasteiger partial charge in [-0.2, -0.15) is 0 Å². The van der Waals surface area contributed by atoms with Gasteiger partial charge in [0.1, 0.15) is 0 Å². The summed E-state index contributed by atoms with van der Waals surface area (Å²) >= 11 is 1.08. The van der Waals surface area contributed by atoms with Gasteiger partial charge < -0.3 is 14.1 Å². The van der Waals surface area contributed by atoms with Gasteiger partial charge in [-0.25, -0.2) is 4.98 Å². The SMILES string of the molecule is CCOC(=O)C(Sc1nc2cc(CO[Si](c3ccccc3)(c3ccccc3)C(C)(C)C)ccc2[nH]1)C(C)=O. The molecular formula is C30H34N2O4SSi. The van der Waals surface area contributed by atoms with Gasteiger partial charge in [0.15, 0.2) is 16.2 Å². The molecule has 0 aliphatic heterocycles. The highest BCUT2D eigenvalue weighted by Crippen LogP contribution is 2.37. The molecule has 1 heterocycles. The fraction of sp³-hybridized carbons (Fsp3) is 0.300. The van der Waals surface area contributed by atoms with Gasteiger partial charge in [-0.05, 0) is 47.0 Å². The largest absolute Gasteiger partial charge is 0.465 e. The van der Waals surface area contributed by atoms with E-state index in [4.69, 9.17) is 9.16 Å². The number of thioether (sulfide) groups is 1. The van der Waals surface area contributed by atoms with Gasteiger partial charge in [0, 0.05) is 0 Å². The Bertz CT molecular complexity index is 1360. The highest BCUT2D eigenvalue weighted by molar-refractivity contribution is 8.01. The number of fused-ring (bicyclic) bond motifs is 1. The molecule has 0 aliphatic carbocycles. The molecule has 0 amide bonds. The molecule has 8 heteroatoms. The Kier molecular flexibility index (Phi) is 8.55. The maximum Gasteiger partial charge on any atom is 0.327 e. The van der Waals surface area contributed by atoms with Gasteiger partial charge in [-0.1, -0.05) is 99.3 Å². The highest BCUT2D eigenvalue weighted by atomic mass is 32.2. The topological polar surface area (TPSA) is 81.3 Å². The third-order valence-corrected chi connectivity index (χ3v) is 12.7. The number of H-pyrrole nitrogens is 1. The molecule has 0 saturated carbocycles. The van der Waals surface area contributed by atoms with Crippen LogP contribution in [0.15, 0.2) is 84.0 Å². The van der Waals surface area contributed by atoms with Gasteiger partial charge in [0.2, 0.25) is 0 Å². The minimum absolute atomic E-state index is 0.120. The number of ether oxygens (including phenoxy) is 1. The second kappa shape index (κ2) is 11.7. The molecular weight excluding hydrogens is 512 g/mol. The summed E-state index contributed by atoms with van der Waals surface area (Å²) < 4.78 is 12.1. The lowest BCUT2D eigenvalue weighted by Crippen LogP contribution is -2.66. The lowest BCUT2D eigenvalue weighted by atomic mass is 10.2. The van der Waals surface area contributed by atoms with Crippen LogP contribution in [0, 0.1) is 0 Å². The van der Waals surface area contributed by atoms with Crippen LogP contribution in [0.25, 0.3) is 11.0 Å². The van der Waals surface area contributed by atoms with E-state index in [1.54, 1.807) is 6.92 Å². The predicted molar refractivity (Wildman–Crippen MR) is 155 cm³/mol.